The number of hydrogen-bond donors (Lipinski definition) is 2. The molecule has 0 fully saturated rings. The lowest BCUT2D eigenvalue weighted by Crippen LogP contribution is -2.12. The number of thiazole rings is 1. The van der Waals surface area contributed by atoms with Crippen molar-refractivity contribution in [2.45, 2.75) is 12.8 Å². The van der Waals surface area contributed by atoms with E-state index in [1.54, 1.807) is 24.6 Å². The maximum absolute atomic E-state index is 5.71. The molecule has 0 saturated heterocycles. The largest absolute Gasteiger partial charge is 0.490 e. The average Bonchev–Trinajstić information content (AvgIpc) is 2.90. The van der Waals surface area contributed by atoms with Crippen LogP contribution in [0.2, 0.25) is 0 Å². The molecule has 96 valence electrons. The summed E-state index contributed by atoms with van der Waals surface area (Å²) in [4.78, 5) is 12.3. The van der Waals surface area contributed by atoms with E-state index >= 15 is 0 Å². The Morgan fingerprint density at radius 2 is 2.28 bits per heavy atom. The van der Waals surface area contributed by atoms with Crippen molar-refractivity contribution in [2.24, 2.45) is 0 Å². The van der Waals surface area contributed by atoms with Gasteiger partial charge in [0, 0.05) is 24.0 Å². The van der Waals surface area contributed by atoms with Crippen molar-refractivity contribution >= 4 is 23.0 Å². The fraction of sp³-hybridized carbons (Fsp3) is 0.364. The van der Waals surface area contributed by atoms with Crippen molar-refractivity contribution in [3.63, 3.8) is 0 Å². The minimum atomic E-state index is 0.297. The van der Waals surface area contributed by atoms with Gasteiger partial charge in [0.05, 0.1) is 12.1 Å². The van der Waals surface area contributed by atoms with Crippen LogP contribution < -0.4 is 15.8 Å². The number of aromatic nitrogens is 3. The predicted octanol–water partition coefficient (Wildman–Crippen LogP) is 1.74. The quantitative estimate of drug-likeness (QED) is 0.856. The number of methoxy groups -OCH3 is 1. The van der Waals surface area contributed by atoms with E-state index in [0.717, 1.165) is 5.01 Å². The first kappa shape index (κ1) is 12.6. The summed E-state index contributed by atoms with van der Waals surface area (Å²) in [7, 11) is 1.55. The number of nitrogens with zero attached hydrogens (tertiary/aromatic N) is 3. The summed E-state index contributed by atoms with van der Waals surface area (Å²) in [5.74, 6) is 1.71. The molecule has 0 aliphatic heterocycles. The van der Waals surface area contributed by atoms with Gasteiger partial charge in [-0.2, -0.15) is 0 Å². The van der Waals surface area contributed by atoms with E-state index in [9.17, 15) is 0 Å². The molecule has 0 bridgehead atoms. The molecular formula is C11H15N5OS. The third kappa shape index (κ3) is 2.67. The highest BCUT2D eigenvalue weighted by Gasteiger charge is 2.12. The number of nitrogens with two attached hydrogens (primary N) is 1. The van der Waals surface area contributed by atoms with Gasteiger partial charge in [0.1, 0.15) is 6.33 Å². The van der Waals surface area contributed by atoms with Crippen LogP contribution in [-0.4, -0.2) is 28.6 Å². The SMILES string of the molecule is COc1c(N)ncnc1NCC(C)c1nccs1. The molecule has 2 aromatic rings. The first-order valence-electron chi connectivity index (χ1n) is 5.50. The van der Waals surface area contributed by atoms with Crippen LogP contribution in [0, 0.1) is 0 Å². The Hall–Kier alpha value is -1.89. The molecular weight excluding hydrogens is 250 g/mol. The Balaban J connectivity index is 2.04. The fourth-order valence-corrected chi connectivity index (χ4v) is 2.23. The van der Waals surface area contributed by atoms with Crippen molar-refractivity contribution in [2.75, 3.05) is 24.7 Å². The normalized spacial score (nSPS) is 12.1. The first-order chi connectivity index (χ1) is 8.72. The monoisotopic (exact) mass is 265 g/mol. The van der Waals surface area contributed by atoms with Crippen LogP contribution >= 0.6 is 11.3 Å². The zero-order chi connectivity index (χ0) is 13.0. The smallest absolute Gasteiger partial charge is 0.203 e. The third-order valence-corrected chi connectivity index (χ3v) is 3.49. The van der Waals surface area contributed by atoms with Gasteiger partial charge in [0.25, 0.3) is 0 Å². The van der Waals surface area contributed by atoms with Gasteiger partial charge in [-0.1, -0.05) is 6.92 Å². The van der Waals surface area contributed by atoms with Gasteiger partial charge in [0.2, 0.25) is 5.75 Å². The second-order valence-electron chi connectivity index (χ2n) is 3.79. The molecule has 2 heterocycles. The van der Waals surface area contributed by atoms with E-state index in [0.29, 0.717) is 29.8 Å². The highest BCUT2D eigenvalue weighted by molar-refractivity contribution is 7.09. The van der Waals surface area contributed by atoms with Crippen molar-refractivity contribution in [1.29, 1.82) is 0 Å². The molecule has 2 aromatic heterocycles. The highest BCUT2D eigenvalue weighted by atomic mass is 32.1. The fourth-order valence-electron chi connectivity index (χ4n) is 1.53. The van der Waals surface area contributed by atoms with Crippen LogP contribution in [0.4, 0.5) is 11.6 Å². The van der Waals surface area contributed by atoms with E-state index < -0.39 is 0 Å². The predicted molar refractivity (Wildman–Crippen MR) is 72.0 cm³/mol. The molecule has 0 aliphatic rings. The second-order valence-corrected chi connectivity index (χ2v) is 4.72. The topological polar surface area (TPSA) is 86.0 Å². The molecule has 0 radical (unpaired) electrons. The summed E-state index contributed by atoms with van der Waals surface area (Å²) in [6.45, 7) is 2.81. The zero-order valence-electron chi connectivity index (χ0n) is 10.3. The molecule has 0 amide bonds. The van der Waals surface area contributed by atoms with Crippen molar-refractivity contribution in [1.82, 2.24) is 15.0 Å². The van der Waals surface area contributed by atoms with Gasteiger partial charge < -0.3 is 15.8 Å². The summed E-state index contributed by atoms with van der Waals surface area (Å²) in [6.07, 6.45) is 3.22. The number of nitrogen functional groups attached to an aromatic ring is 1. The second kappa shape index (κ2) is 5.63. The van der Waals surface area contributed by atoms with Crippen molar-refractivity contribution in [3.05, 3.63) is 22.9 Å². The molecule has 6 nitrogen and oxygen atoms in total. The standard InChI is InChI=1S/C11H15N5OS/c1-7(11-13-3-4-18-11)5-14-10-8(17-2)9(12)15-6-16-10/h3-4,6-7H,5H2,1-2H3,(H3,12,14,15,16). The molecule has 0 aromatic carbocycles. The van der Waals surface area contributed by atoms with E-state index in [2.05, 4.69) is 27.2 Å². The number of anilines is 2. The Morgan fingerprint density at radius 1 is 1.44 bits per heavy atom. The number of hydrogen-bond acceptors (Lipinski definition) is 7. The van der Waals surface area contributed by atoms with Gasteiger partial charge >= 0.3 is 0 Å². The average molecular weight is 265 g/mol. The van der Waals surface area contributed by atoms with Gasteiger partial charge in [-0.25, -0.2) is 15.0 Å². The zero-order valence-corrected chi connectivity index (χ0v) is 11.1. The first-order valence-corrected chi connectivity index (χ1v) is 6.38. The van der Waals surface area contributed by atoms with Gasteiger partial charge in [-0.05, 0) is 0 Å². The van der Waals surface area contributed by atoms with Crippen LogP contribution in [0.25, 0.3) is 0 Å². The van der Waals surface area contributed by atoms with Crippen LogP contribution in [0.5, 0.6) is 5.75 Å². The van der Waals surface area contributed by atoms with E-state index in [-0.39, 0.29) is 0 Å². The Morgan fingerprint density at radius 3 is 2.94 bits per heavy atom. The number of rotatable bonds is 5. The minimum absolute atomic E-state index is 0.297. The lowest BCUT2D eigenvalue weighted by molar-refractivity contribution is 0.415. The summed E-state index contributed by atoms with van der Waals surface area (Å²) in [5, 5.41) is 6.26. The molecule has 0 saturated carbocycles. The van der Waals surface area contributed by atoms with Gasteiger partial charge in [-0.3, -0.25) is 0 Å². The van der Waals surface area contributed by atoms with E-state index in [4.69, 9.17) is 10.5 Å². The minimum Gasteiger partial charge on any atom is -0.490 e. The van der Waals surface area contributed by atoms with E-state index in [1.807, 2.05) is 5.38 Å². The Bertz CT molecular complexity index is 502. The highest BCUT2D eigenvalue weighted by Crippen LogP contribution is 2.27. The Kier molecular flexibility index (Phi) is 3.93. The summed E-state index contributed by atoms with van der Waals surface area (Å²) in [5.41, 5.74) is 5.71. The Labute approximate surface area is 109 Å². The summed E-state index contributed by atoms with van der Waals surface area (Å²) in [6, 6.07) is 0. The lowest BCUT2D eigenvalue weighted by atomic mass is 10.2. The molecule has 1 atom stereocenters. The lowest BCUT2D eigenvalue weighted by Gasteiger charge is -2.13. The molecule has 7 heteroatoms. The molecule has 18 heavy (non-hydrogen) atoms. The van der Waals surface area contributed by atoms with Crippen LogP contribution in [0.15, 0.2) is 17.9 Å². The number of nitrogens with one attached hydrogen (secondary N) is 1. The summed E-state index contributed by atoms with van der Waals surface area (Å²) < 4.78 is 5.17. The van der Waals surface area contributed by atoms with Crippen LogP contribution in [0.1, 0.15) is 17.8 Å². The van der Waals surface area contributed by atoms with Crippen LogP contribution in [0.3, 0.4) is 0 Å². The molecule has 3 N–H and O–H groups in total. The molecule has 0 aliphatic carbocycles. The van der Waals surface area contributed by atoms with Gasteiger partial charge in [-0.15, -0.1) is 11.3 Å². The molecule has 2 rings (SSSR count). The number of ether oxygens (including phenoxy) is 1. The third-order valence-electron chi connectivity index (χ3n) is 2.48. The van der Waals surface area contributed by atoms with E-state index in [1.165, 1.54) is 6.33 Å². The van der Waals surface area contributed by atoms with Crippen LogP contribution in [-0.2, 0) is 0 Å². The maximum Gasteiger partial charge on any atom is 0.203 e. The summed E-state index contributed by atoms with van der Waals surface area (Å²) >= 11 is 1.64. The van der Waals surface area contributed by atoms with Crippen molar-refractivity contribution < 1.29 is 4.74 Å². The molecule has 0 spiro atoms. The van der Waals surface area contributed by atoms with Crippen molar-refractivity contribution in [3.8, 4) is 5.75 Å². The maximum atomic E-state index is 5.71. The molecule has 1 unspecified atom stereocenters. The van der Waals surface area contributed by atoms with Gasteiger partial charge in [0.15, 0.2) is 11.6 Å².